The molecule has 1 heterocycles. The fourth-order valence-electron chi connectivity index (χ4n) is 3.39. The van der Waals surface area contributed by atoms with Crippen LogP contribution in [0.4, 0.5) is 5.69 Å². The van der Waals surface area contributed by atoms with Gasteiger partial charge in [-0.15, -0.1) is 0 Å². The maximum absolute atomic E-state index is 11.3. The molecule has 1 aromatic rings. The SMILES string of the molecule is CCC(=CC=CC(C)=CC(=O)OC)c1ccc2c(c1)CCCN2C(C)C. The van der Waals surface area contributed by atoms with Crippen LogP contribution in [-0.2, 0) is 16.0 Å². The molecule has 0 saturated heterocycles. The molecular formula is C23H31NO2. The third-order valence-corrected chi connectivity index (χ3v) is 4.81. The summed E-state index contributed by atoms with van der Waals surface area (Å²) in [5, 5.41) is 0. The van der Waals surface area contributed by atoms with Crippen molar-refractivity contribution in [2.45, 2.75) is 53.0 Å². The number of benzene rings is 1. The second-order valence-electron chi connectivity index (χ2n) is 7.05. The molecule has 1 aliphatic rings. The highest BCUT2D eigenvalue weighted by atomic mass is 16.5. The first-order valence-electron chi connectivity index (χ1n) is 9.49. The second-order valence-corrected chi connectivity index (χ2v) is 7.05. The van der Waals surface area contributed by atoms with Gasteiger partial charge in [0.05, 0.1) is 7.11 Å². The topological polar surface area (TPSA) is 29.5 Å². The molecule has 0 saturated carbocycles. The molecular weight excluding hydrogens is 322 g/mol. The van der Waals surface area contributed by atoms with Crippen LogP contribution in [0.1, 0.15) is 51.7 Å². The van der Waals surface area contributed by atoms with E-state index in [1.807, 2.05) is 19.1 Å². The Hall–Kier alpha value is -2.29. The number of methoxy groups -OCH3 is 1. The monoisotopic (exact) mass is 353 g/mol. The zero-order chi connectivity index (χ0) is 19.1. The van der Waals surface area contributed by atoms with E-state index >= 15 is 0 Å². The van der Waals surface area contributed by atoms with Gasteiger partial charge in [-0.1, -0.05) is 31.2 Å². The third-order valence-electron chi connectivity index (χ3n) is 4.81. The Labute approximate surface area is 158 Å². The molecule has 3 nitrogen and oxygen atoms in total. The molecule has 0 atom stereocenters. The van der Waals surface area contributed by atoms with Crippen LogP contribution in [0.5, 0.6) is 0 Å². The van der Waals surface area contributed by atoms with Crippen molar-refractivity contribution in [3.63, 3.8) is 0 Å². The van der Waals surface area contributed by atoms with Crippen molar-refractivity contribution in [3.8, 4) is 0 Å². The third kappa shape index (κ3) is 5.10. The van der Waals surface area contributed by atoms with Crippen LogP contribution in [0.2, 0.25) is 0 Å². The number of allylic oxidation sites excluding steroid dienone is 5. The zero-order valence-corrected chi connectivity index (χ0v) is 16.7. The van der Waals surface area contributed by atoms with E-state index in [9.17, 15) is 4.79 Å². The number of nitrogens with zero attached hydrogens (tertiary/aromatic N) is 1. The molecule has 26 heavy (non-hydrogen) atoms. The van der Waals surface area contributed by atoms with Gasteiger partial charge < -0.3 is 9.64 Å². The molecule has 0 unspecified atom stereocenters. The van der Waals surface area contributed by atoms with Gasteiger partial charge in [-0.3, -0.25) is 0 Å². The number of anilines is 1. The second kappa shape index (κ2) is 9.42. The Bertz CT molecular complexity index is 726. The lowest BCUT2D eigenvalue weighted by molar-refractivity contribution is -0.134. The van der Waals surface area contributed by atoms with Crippen LogP contribution in [0, 0.1) is 0 Å². The quantitative estimate of drug-likeness (QED) is 0.394. The normalized spacial score (nSPS) is 15.5. The molecule has 0 aromatic heterocycles. The molecule has 0 spiro atoms. The smallest absolute Gasteiger partial charge is 0.330 e. The number of esters is 1. The van der Waals surface area contributed by atoms with Crippen LogP contribution in [0.3, 0.4) is 0 Å². The van der Waals surface area contributed by atoms with E-state index in [4.69, 9.17) is 0 Å². The molecule has 0 fully saturated rings. The Balaban J connectivity index is 2.22. The highest BCUT2D eigenvalue weighted by Gasteiger charge is 2.19. The van der Waals surface area contributed by atoms with Crippen molar-refractivity contribution in [2.75, 3.05) is 18.6 Å². The molecule has 140 valence electrons. The lowest BCUT2D eigenvalue weighted by Crippen LogP contribution is -2.35. The Kier molecular flexibility index (Phi) is 7.26. The average molecular weight is 354 g/mol. The molecule has 3 heteroatoms. The Morgan fingerprint density at radius 1 is 1.35 bits per heavy atom. The van der Waals surface area contributed by atoms with Crippen molar-refractivity contribution < 1.29 is 9.53 Å². The summed E-state index contributed by atoms with van der Waals surface area (Å²) < 4.78 is 4.65. The van der Waals surface area contributed by atoms with Crippen molar-refractivity contribution >= 4 is 17.2 Å². The largest absolute Gasteiger partial charge is 0.466 e. The van der Waals surface area contributed by atoms with E-state index in [2.05, 4.69) is 54.7 Å². The molecule has 1 aliphatic heterocycles. The predicted octanol–water partition coefficient (Wildman–Crippen LogP) is 5.32. The fourth-order valence-corrected chi connectivity index (χ4v) is 3.39. The van der Waals surface area contributed by atoms with E-state index in [1.54, 1.807) is 0 Å². The molecule has 2 rings (SSSR count). The summed E-state index contributed by atoms with van der Waals surface area (Å²) in [5.74, 6) is -0.323. The Morgan fingerprint density at radius 2 is 2.12 bits per heavy atom. The van der Waals surface area contributed by atoms with Gasteiger partial charge >= 0.3 is 5.97 Å². The summed E-state index contributed by atoms with van der Waals surface area (Å²) in [4.78, 5) is 13.8. The molecule has 0 radical (unpaired) electrons. The van der Waals surface area contributed by atoms with Crippen LogP contribution < -0.4 is 4.90 Å². The van der Waals surface area contributed by atoms with E-state index in [0.717, 1.165) is 25.0 Å². The number of ether oxygens (including phenoxy) is 1. The van der Waals surface area contributed by atoms with Crippen LogP contribution in [0.25, 0.3) is 5.57 Å². The maximum Gasteiger partial charge on any atom is 0.330 e. The van der Waals surface area contributed by atoms with Gasteiger partial charge in [0.15, 0.2) is 0 Å². The number of fused-ring (bicyclic) bond motifs is 1. The van der Waals surface area contributed by atoms with Crippen molar-refractivity contribution in [3.05, 3.63) is 59.2 Å². The number of hydrogen-bond donors (Lipinski definition) is 0. The van der Waals surface area contributed by atoms with E-state index in [1.165, 1.54) is 42.0 Å². The van der Waals surface area contributed by atoms with Gasteiger partial charge in [0.1, 0.15) is 0 Å². The highest BCUT2D eigenvalue weighted by Crippen LogP contribution is 2.32. The minimum atomic E-state index is -0.323. The van der Waals surface area contributed by atoms with Gasteiger partial charge in [0.25, 0.3) is 0 Å². The summed E-state index contributed by atoms with van der Waals surface area (Å²) in [6, 6.07) is 7.40. The molecule has 0 aliphatic carbocycles. The van der Waals surface area contributed by atoms with E-state index < -0.39 is 0 Å². The predicted molar refractivity (Wildman–Crippen MR) is 110 cm³/mol. The molecule has 0 N–H and O–H groups in total. The lowest BCUT2D eigenvalue weighted by atomic mass is 9.94. The number of aryl methyl sites for hydroxylation is 1. The first kappa shape index (κ1) is 20.0. The maximum atomic E-state index is 11.3. The highest BCUT2D eigenvalue weighted by molar-refractivity contribution is 5.83. The summed E-state index contributed by atoms with van der Waals surface area (Å²) in [7, 11) is 1.39. The summed E-state index contributed by atoms with van der Waals surface area (Å²) >= 11 is 0. The number of carbonyl (C=O) groups is 1. The zero-order valence-electron chi connectivity index (χ0n) is 16.7. The number of rotatable bonds is 6. The van der Waals surface area contributed by atoms with E-state index in [0.29, 0.717) is 6.04 Å². The minimum absolute atomic E-state index is 0.323. The first-order valence-corrected chi connectivity index (χ1v) is 9.49. The Morgan fingerprint density at radius 3 is 2.77 bits per heavy atom. The van der Waals surface area contributed by atoms with Crippen LogP contribution >= 0.6 is 0 Å². The summed E-state index contributed by atoms with van der Waals surface area (Å²) in [5.41, 5.74) is 6.31. The van der Waals surface area contributed by atoms with Crippen molar-refractivity contribution in [2.24, 2.45) is 0 Å². The molecule has 0 amide bonds. The first-order chi connectivity index (χ1) is 12.5. The molecule has 1 aromatic carbocycles. The van der Waals surface area contributed by atoms with Gasteiger partial charge in [-0.2, -0.15) is 0 Å². The van der Waals surface area contributed by atoms with Gasteiger partial charge in [-0.25, -0.2) is 4.79 Å². The average Bonchev–Trinajstić information content (AvgIpc) is 2.64. The van der Waals surface area contributed by atoms with Gasteiger partial charge in [0, 0.05) is 24.4 Å². The fraction of sp³-hybridized carbons (Fsp3) is 0.435. The van der Waals surface area contributed by atoms with E-state index in [-0.39, 0.29) is 5.97 Å². The van der Waals surface area contributed by atoms with Crippen LogP contribution in [-0.4, -0.2) is 25.7 Å². The standard InChI is InChI=1S/C23H31NO2/c1-6-19(10-7-9-18(4)15-23(25)26-5)20-12-13-22-21(16-20)11-8-14-24(22)17(2)3/h7,9-10,12-13,15-17H,6,8,11,14H2,1-5H3. The summed E-state index contributed by atoms with van der Waals surface area (Å²) in [6.45, 7) is 9.74. The number of hydrogen-bond acceptors (Lipinski definition) is 3. The van der Waals surface area contributed by atoms with Crippen molar-refractivity contribution in [1.29, 1.82) is 0 Å². The van der Waals surface area contributed by atoms with Crippen LogP contribution in [0.15, 0.2) is 48.1 Å². The molecule has 0 bridgehead atoms. The number of carbonyl (C=O) groups excluding carboxylic acids is 1. The van der Waals surface area contributed by atoms with Gasteiger partial charge in [-0.05, 0) is 74.4 Å². The summed E-state index contributed by atoms with van der Waals surface area (Å²) in [6.07, 6.45) is 10.9. The minimum Gasteiger partial charge on any atom is -0.466 e. The van der Waals surface area contributed by atoms with Gasteiger partial charge in [0.2, 0.25) is 0 Å². The van der Waals surface area contributed by atoms with Crippen molar-refractivity contribution in [1.82, 2.24) is 0 Å². The lowest BCUT2D eigenvalue weighted by Gasteiger charge is -2.35.